The van der Waals surface area contributed by atoms with Gasteiger partial charge in [-0.05, 0) is 56.1 Å². The van der Waals surface area contributed by atoms with Crippen LogP contribution in [0.2, 0.25) is 0 Å². The van der Waals surface area contributed by atoms with Crippen LogP contribution in [-0.2, 0) is 17.8 Å². The number of hydrogen-bond donors (Lipinski definition) is 3. The molecule has 0 spiro atoms. The van der Waals surface area contributed by atoms with Gasteiger partial charge in [0, 0.05) is 46.4 Å². The van der Waals surface area contributed by atoms with E-state index < -0.39 is 0 Å². The maximum absolute atomic E-state index is 9.65. The summed E-state index contributed by atoms with van der Waals surface area (Å²) >= 11 is 0. The second-order valence-electron chi connectivity index (χ2n) is 9.00. The molecule has 0 amide bonds. The lowest BCUT2D eigenvalue weighted by molar-refractivity contribution is 0.0169. The van der Waals surface area contributed by atoms with Gasteiger partial charge in [0.15, 0.2) is 5.96 Å². The summed E-state index contributed by atoms with van der Waals surface area (Å²) in [5, 5.41) is 16.5. The first-order chi connectivity index (χ1) is 15.2. The van der Waals surface area contributed by atoms with E-state index in [1.807, 2.05) is 7.05 Å². The van der Waals surface area contributed by atoms with E-state index in [4.69, 9.17) is 4.74 Å². The van der Waals surface area contributed by atoms with Crippen molar-refractivity contribution in [3.63, 3.8) is 0 Å². The van der Waals surface area contributed by atoms with E-state index in [0.29, 0.717) is 6.10 Å². The number of hydrogen-bond acceptors (Lipinski definition) is 4. The Morgan fingerprint density at radius 2 is 1.77 bits per heavy atom. The lowest BCUT2D eigenvalue weighted by Crippen LogP contribution is -2.39. The smallest absolute Gasteiger partial charge is 0.191 e. The van der Waals surface area contributed by atoms with Crippen LogP contribution in [0.15, 0.2) is 29.3 Å². The SMILES string of the molecule is CCOC(CCNC(=NC)NCc1ccc(CN2CCC(O)CC2)cc1)C1CCCC1. The van der Waals surface area contributed by atoms with Crippen molar-refractivity contribution >= 4 is 5.96 Å². The monoisotopic (exact) mass is 430 g/mol. The number of aliphatic hydroxyl groups is 1. The number of benzene rings is 1. The van der Waals surface area contributed by atoms with Crippen molar-refractivity contribution in [2.24, 2.45) is 10.9 Å². The first-order valence-corrected chi connectivity index (χ1v) is 12.2. The predicted molar refractivity (Wildman–Crippen MR) is 127 cm³/mol. The van der Waals surface area contributed by atoms with Gasteiger partial charge < -0.3 is 20.5 Å². The van der Waals surface area contributed by atoms with Gasteiger partial charge in [0.25, 0.3) is 0 Å². The number of piperidine rings is 1. The number of nitrogens with zero attached hydrogens (tertiary/aromatic N) is 2. The minimum atomic E-state index is -0.111. The summed E-state index contributed by atoms with van der Waals surface area (Å²) < 4.78 is 6.03. The molecule has 31 heavy (non-hydrogen) atoms. The Morgan fingerprint density at radius 1 is 1.10 bits per heavy atom. The number of ether oxygens (including phenoxy) is 1. The Bertz CT molecular complexity index is 650. The van der Waals surface area contributed by atoms with Crippen LogP contribution in [0.3, 0.4) is 0 Å². The number of guanidine groups is 1. The third-order valence-electron chi connectivity index (χ3n) is 6.70. The fourth-order valence-corrected chi connectivity index (χ4v) is 4.84. The van der Waals surface area contributed by atoms with Crippen molar-refractivity contribution in [3.05, 3.63) is 35.4 Å². The van der Waals surface area contributed by atoms with Gasteiger partial charge in [-0.2, -0.15) is 0 Å². The fraction of sp³-hybridized carbons (Fsp3) is 0.720. The second-order valence-corrected chi connectivity index (χ2v) is 9.00. The van der Waals surface area contributed by atoms with Gasteiger partial charge in [-0.1, -0.05) is 37.1 Å². The molecule has 174 valence electrons. The minimum absolute atomic E-state index is 0.111. The summed E-state index contributed by atoms with van der Waals surface area (Å²) in [6, 6.07) is 8.82. The fourth-order valence-electron chi connectivity index (χ4n) is 4.84. The molecule has 0 aromatic heterocycles. The number of aliphatic hydroxyl groups excluding tert-OH is 1. The summed E-state index contributed by atoms with van der Waals surface area (Å²) in [6.07, 6.45) is 8.40. The Balaban J connectivity index is 1.37. The minimum Gasteiger partial charge on any atom is -0.393 e. The summed E-state index contributed by atoms with van der Waals surface area (Å²) in [5.41, 5.74) is 2.58. The van der Waals surface area contributed by atoms with E-state index in [1.165, 1.54) is 36.8 Å². The van der Waals surface area contributed by atoms with E-state index in [2.05, 4.69) is 51.7 Å². The van der Waals surface area contributed by atoms with Crippen molar-refractivity contribution in [2.75, 3.05) is 33.3 Å². The molecule has 2 fully saturated rings. The van der Waals surface area contributed by atoms with Crippen LogP contribution >= 0.6 is 0 Å². The van der Waals surface area contributed by atoms with E-state index in [1.54, 1.807) is 0 Å². The third-order valence-corrected chi connectivity index (χ3v) is 6.70. The molecule has 3 N–H and O–H groups in total. The molecule has 1 heterocycles. The van der Waals surface area contributed by atoms with Crippen LogP contribution in [0.4, 0.5) is 0 Å². The zero-order valence-corrected chi connectivity index (χ0v) is 19.5. The first kappa shape index (κ1) is 24.0. The molecule has 6 nitrogen and oxygen atoms in total. The second kappa shape index (κ2) is 13.0. The Kier molecular flexibility index (Phi) is 10.1. The number of likely N-dealkylation sites (tertiary alicyclic amines) is 1. The van der Waals surface area contributed by atoms with Crippen LogP contribution in [0.5, 0.6) is 0 Å². The van der Waals surface area contributed by atoms with E-state index in [9.17, 15) is 5.11 Å². The van der Waals surface area contributed by atoms with Crippen LogP contribution in [0, 0.1) is 5.92 Å². The van der Waals surface area contributed by atoms with E-state index >= 15 is 0 Å². The highest BCUT2D eigenvalue weighted by molar-refractivity contribution is 5.79. The summed E-state index contributed by atoms with van der Waals surface area (Å²) in [4.78, 5) is 6.79. The molecule has 1 aromatic carbocycles. The van der Waals surface area contributed by atoms with Gasteiger partial charge >= 0.3 is 0 Å². The van der Waals surface area contributed by atoms with E-state index in [-0.39, 0.29) is 6.10 Å². The lowest BCUT2D eigenvalue weighted by Gasteiger charge is -2.29. The van der Waals surface area contributed by atoms with Gasteiger partial charge in [0.05, 0.1) is 12.2 Å². The normalized spacial score (nSPS) is 20.2. The quantitative estimate of drug-likeness (QED) is 0.393. The zero-order chi connectivity index (χ0) is 21.9. The van der Waals surface area contributed by atoms with Gasteiger partial charge in [-0.25, -0.2) is 0 Å². The lowest BCUT2D eigenvalue weighted by atomic mass is 9.98. The molecule has 1 saturated heterocycles. The molecule has 1 aliphatic heterocycles. The van der Waals surface area contributed by atoms with Gasteiger partial charge in [0.2, 0.25) is 0 Å². The predicted octanol–water partition coefficient (Wildman–Crippen LogP) is 3.29. The molecule has 3 rings (SSSR count). The molecular weight excluding hydrogens is 388 g/mol. The number of rotatable bonds is 10. The Labute approximate surface area is 188 Å². The highest BCUT2D eigenvalue weighted by Crippen LogP contribution is 2.30. The van der Waals surface area contributed by atoms with Crippen LogP contribution in [0.25, 0.3) is 0 Å². The van der Waals surface area contributed by atoms with E-state index in [0.717, 1.165) is 70.5 Å². The number of aliphatic imine (C=N–C) groups is 1. The number of nitrogens with one attached hydrogen (secondary N) is 2. The summed E-state index contributed by atoms with van der Waals surface area (Å²) in [7, 11) is 1.82. The maximum atomic E-state index is 9.65. The summed E-state index contributed by atoms with van der Waals surface area (Å²) in [5.74, 6) is 1.57. The van der Waals surface area contributed by atoms with Crippen LogP contribution in [0.1, 0.15) is 63.0 Å². The molecule has 1 saturated carbocycles. The van der Waals surface area contributed by atoms with Gasteiger partial charge in [-0.15, -0.1) is 0 Å². The van der Waals surface area contributed by atoms with Crippen molar-refractivity contribution in [3.8, 4) is 0 Å². The summed E-state index contributed by atoms with van der Waals surface area (Å²) in [6.45, 7) is 7.46. The molecule has 1 aliphatic carbocycles. The molecular formula is C25H42N4O2. The standard InChI is InChI=1S/C25H42N4O2/c1-3-31-24(22-6-4-5-7-22)12-15-27-25(26-2)28-18-20-8-10-21(11-9-20)19-29-16-13-23(30)14-17-29/h8-11,22-24,30H,3-7,12-19H2,1-2H3,(H2,26,27,28). The van der Waals surface area contributed by atoms with Gasteiger partial charge in [0.1, 0.15) is 0 Å². The van der Waals surface area contributed by atoms with Gasteiger partial charge in [-0.3, -0.25) is 9.89 Å². The average molecular weight is 431 g/mol. The molecule has 1 atom stereocenters. The van der Waals surface area contributed by atoms with Crippen molar-refractivity contribution in [2.45, 2.75) is 77.2 Å². The first-order valence-electron chi connectivity index (χ1n) is 12.2. The molecule has 1 unspecified atom stereocenters. The molecule has 0 radical (unpaired) electrons. The highest BCUT2D eigenvalue weighted by Gasteiger charge is 2.25. The average Bonchev–Trinajstić information content (AvgIpc) is 3.33. The van der Waals surface area contributed by atoms with Crippen LogP contribution in [-0.4, -0.2) is 61.5 Å². The zero-order valence-electron chi connectivity index (χ0n) is 19.5. The molecule has 1 aromatic rings. The third kappa shape index (κ3) is 8.09. The van der Waals surface area contributed by atoms with Crippen molar-refractivity contribution in [1.82, 2.24) is 15.5 Å². The maximum Gasteiger partial charge on any atom is 0.191 e. The molecule has 0 bridgehead atoms. The largest absolute Gasteiger partial charge is 0.393 e. The Hall–Kier alpha value is -1.63. The topological polar surface area (TPSA) is 69.1 Å². The Morgan fingerprint density at radius 3 is 2.42 bits per heavy atom. The molecule has 6 heteroatoms. The highest BCUT2D eigenvalue weighted by atomic mass is 16.5. The van der Waals surface area contributed by atoms with Crippen molar-refractivity contribution in [1.29, 1.82) is 0 Å². The van der Waals surface area contributed by atoms with Crippen molar-refractivity contribution < 1.29 is 9.84 Å². The van der Waals surface area contributed by atoms with Crippen LogP contribution < -0.4 is 10.6 Å². The molecule has 2 aliphatic rings.